The van der Waals surface area contributed by atoms with Gasteiger partial charge in [-0.3, -0.25) is 9.78 Å². The molecule has 0 fully saturated rings. The van der Waals surface area contributed by atoms with Gasteiger partial charge < -0.3 is 5.73 Å². The number of carbonyl (C=O) groups is 1. The molecule has 86 valence electrons. The summed E-state index contributed by atoms with van der Waals surface area (Å²) in [6.45, 7) is 0. The quantitative estimate of drug-likeness (QED) is 0.868. The van der Waals surface area contributed by atoms with Crippen molar-refractivity contribution in [3.8, 4) is 11.1 Å². The molecule has 1 heterocycles. The molecule has 2 aromatic rings. The van der Waals surface area contributed by atoms with Gasteiger partial charge in [-0.2, -0.15) is 0 Å². The Morgan fingerprint density at radius 1 is 1.12 bits per heavy atom. The molecule has 3 nitrogen and oxygen atoms in total. The van der Waals surface area contributed by atoms with E-state index in [4.69, 9.17) is 5.73 Å². The molecular weight excluding hydrogens is 212 g/mol. The van der Waals surface area contributed by atoms with Crippen molar-refractivity contribution in [1.82, 2.24) is 4.98 Å². The zero-order valence-corrected chi connectivity index (χ0v) is 9.47. The van der Waals surface area contributed by atoms with Crippen LogP contribution in [-0.2, 0) is 11.2 Å². The van der Waals surface area contributed by atoms with Gasteiger partial charge >= 0.3 is 0 Å². The predicted molar refractivity (Wildman–Crippen MR) is 67.2 cm³/mol. The number of pyridine rings is 1. The Bertz CT molecular complexity index is 509. The van der Waals surface area contributed by atoms with E-state index in [1.54, 1.807) is 12.4 Å². The number of amides is 1. The third-order valence-corrected chi connectivity index (χ3v) is 2.65. The van der Waals surface area contributed by atoms with Crippen LogP contribution in [-0.4, -0.2) is 10.9 Å². The van der Waals surface area contributed by atoms with Crippen LogP contribution in [0.15, 0.2) is 48.8 Å². The highest BCUT2D eigenvalue weighted by Gasteiger charge is 2.05. The number of aromatic nitrogens is 1. The lowest BCUT2D eigenvalue weighted by Gasteiger charge is -2.08. The van der Waals surface area contributed by atoms with E-state index < -0.39 is 0 Å². The molecule has 1 aromatic heterocycles. The van der Waals surface area contributed by atoms with Crippen LogP contribution in [0.1, 0.15) is 12.0 Å². The van der Waals surface area contributed by atoms with E-state index in [1.165, 1.54) is 0 Å². The van der Waals surface area contributed by atoms with E-state index in [2.05, 4.69) is 4.98 Å². The molecule has 0 saturated carbocycles. The van der Waals surface area contributed by atoms with Crippen molar-refractivity contribution in [2.45, 2.75) is 12.8 Å². The fourth-order valence-electron chi connectivity index (χ4n) is 1.81. The van der Waals surface area contributed by atoms with Crippen LogP contribution in [0.5, 0.6) is 0 Å². The molecule has 0 aliphatic carbocycles. The number of aryl methyl sites for hydroxylation is 1. The molecule has 3 heteroatoms. The summed E-state index contributed by atoms with van der Waals surface area (Å²) in [6.07, 6.45) is 4.58. The van der Waals surface area contributed by atoms with Gasteiger partial charge in [0.25, 0.3) is 0 Å². The fraction of sp³-hybridized carbons (Fsp3) is 0.143. The molecule has 2 rings (SSSR count). The normalized spacial score (nSPS) is 10.1. The minimum absolute atomic E-state index is 0.269. The number of carbonyl (C=O) groups excluding carboxylic acids is 1. The molecule has 0 spiro atoms. The second-order valence-electron chi connectivity index (χ2n) is 3.86. The minimum Gasteiger partial charge on any atom is -0.370 e. The highest BCUT2D eigenvalue weighted by atomic mass is 16.1. The fourth-order valence-corrected chi connectivity index (χ4v) is 1.81. The van der Waals surface area contributed by atoms with E-state index in [0.717, 1.165) is 16.7 Å². The lowest BCUT2D eigenvalue weighted by Crippen LogP contribution is -2.11. The van der Waals surface area contributed by atoms with Gasteiger partial charge in [-0.1, -0.05) is 24.3 Å². The topological polar surface area (TPSA) is 56.0 Å². The van der Waals surface area contributed by atoms with Gasteiger partial charge in [-0.05, 0) is 35.2 Å². The van der Waals surface area contributed by atoms with Gasteiger partial charge in [0, 0.05) is 18.8 Å². The smallest absolute Gasteiger partial charge is 0.217 e. The van der Waals surface area contributed by atoms with Gasteiger partial charge in [-0.25, -0.2) is 0 Å². The first-order valence-corrected chi connectivity index (χ1v) is 5.54. The second kappa shape index (κ2) is 5.25. The molecule has 0 saturated heterocycles. The molecule has 0 aliphatic heterocycles. The maximum Gasteiger partial charge on any atom is 0.217 e. The Morgan fingerprint density at radius 2 is 1.82 bits per heavy atom. The highest BCUT2D eigenvalue weighted by Crippen LogP contribution is 2.23. The van der Waals surface area contributed by atoms with E-state index in [9.17, 15) is 4.79 Å². The molecule has 1 amide bonds. The Labute approximate surface area is 100 Å². The van der Waals surface area contributed by atoms with Crippen molar-refractivity contribution in [3.05, 3.63) is 54.4 Å². The summed E-state index contributed by atoms with van der Waals surface area (Å²) in [4.78, 5) is 14.8. The van der Waals surface area contributed by atoms with E-state index in [0.29, 0.717) is 12.8 Å². The van der Waals surface area contributed by atoms with Crippen molar-refractivity contribution in [2.75, 3.05) is 0 Å². The van der Waals surface area contributed by atoms with Crippen LogP contribution in [0.2, 0.25) is 0 Å². The summed E-state index contributed by atoms with van der Waals surface area (Å²) in [5, 5.41) is 0. The second-order valence-corrected chi connectivity index (χ2v) is 3.86. The molecule has 0 aliphatic rings. The third kappa shape index (κ3) is 2.91. The average Bonchev–Trinajstić information content (AvgIpc) is 2.38. The average molecular weight is 226 g/mol. The molecule has 0 radical (unpaired) electrons. The van der Waals surface area contributed by atoms with Gasteiger partial charge in [0.2, 0.25) is 5.91 Å². The number of hydrogen-bond acceptors (Lipinski definition) is 2. The standard InChI is InChI=1S/C14H14N2O/c15-14(17)6-5-11-3-1-2-4-13(11)12-7-9-16-10-8-12/h1-4,7-10H,5-6H2,(H2,15,17). The zero-order chi connectivity index (χ0) is 12.1. The van der Waals surface area contributed by atoms with Gasteiger partial charge in [-0.15, -0.1) is 0 Å². The third-order valence-electron chi connectivity index (χ3n) is 2.65. The molecule has 2 N–H and O–H groups in total. The summed E-state index contributed by atoms with van der Waals surface area (Å²) in [5.74, 6) is -0.269. The van der Waals surface area contributed by atoms with Crippen LogP contribution in [0.4, 0.5) is 0 Å². The summed E-state index contributed by atoms with van der Waals surface area (Å²) in [7, 11) is 0. The first-order valence-electron chi connectivity index (χ1n) is 5.54. The van der Waals surface area contributed by atoms with Crippen LogP contribution in [0.25, 0.3) is 11.1 Å². The Balaban J connectivity index is 2.31. The maximum atomic E-state index is 10.8. The summed E-state index contributed by atoms with van der Waals surface area (Å²) < 4.78 is 0. The Kier molecular flexibility index (Phi) is 3.50. The summed E-state index contributed by atoms with van der Waals surface area (Å²) in [5.41, 5.74) is 8.56. The molecule has 0 atom stereocenters. The molecule has 17 heavy (non-hydrogen) atoms. The van der Waals surface area contributed by atoms with Crippen LogP contribution in [0.3, 0.4) is 0 Å². The minimum atomic E-state index is -0.269. The monoisotopic (exact) mass is 226 g/mol. The van der Waals surface area contributed by atoms with Crippen molar-refractivity contribution >= 4 is 5.91 Å². The number of nitrogens with zero attached hydrogens (tertiary/aromatic N) is 1. The van der Waals surface area contributed by atoms with Gasteiger partial charge in [0.1, 0.15) is 0 Å². The van der Waals surface area contributed by atoms with Crippen molar-refractivity contribution in [1.29, 1.82) is 0 Å². The number of rotatable bonds is 4. The molecule has 1 aromatic carbocycles. The Morgan fingerprint density at radius 3 is 2.53 bits per heavy atom. The van der Waals surface area contributed by atoms with Gasteiger partial charge in [0.15, 0.2) is 0 Å². The maximum absolute atomic E-state index is 10.8. The van der Waals surface area contributed by atoms with Crippen LogP contribution < -0.4 is 5.73 Å². The molecule has 0 bridgehead atoms. The number of benzene rings is 1. The number of hydrogen-bond donors (Lipinski definition) is 1. The van der Waals surface area contributed by atoms with Crippen LogP contribution >= 0.6 is 0 Å². The first kappa shape index (κ1) is 11.3. The molecule has 0 unspecified atom stereocenters. The highest BCUT2D eigenvalue weighted by molar-refractivity contribution is 5.75. The summed E-state index contributed by atoms with van der Waals surface area (Å²) in [6, 6.07) is 12.0. The van der Waals surface area contributed by atoms with Crippen molar-refractivity contribution in [2.24, 2.45) is 5.73 Å². The number of nitrogens with two attached hydrogens (primary N) is 1. The molecular formula is C14H14N2O. The zero-order valence-electron chi connectivity index (χ0n) is 9.47. The lowest BCUT2D eigenvalue weighted by molar-refractivity contribution is -0.117. The Hall–Kier alpha value is -2.16. The van der Waals surface area contributed by atoms with Gasteiger partial charge in [0.05, 0.1) is 0 Å². The lowest BCUT2D eigenvalue weighted by atomic mass is 9.97. The first-order chi connectivity index (χ1) is 8.27. The SMILES string of the molecule is NC(=O)CCc1ccccc1-c1ccncc1. The van der Waals surface area contributed by atoms with Crippen molar-refractivity contribution in [3.63, 3.8) is 0 Å². The van der Waals surface area contributed by atoms with Crippen LogP contribution in [0, 0.1) is 0 Å². The summed E-state index contributed by atoms with van der Waals surface area (Å²) >= 11 is 0. The predicted octanol–water partition coefficient (Wildman–Crippen LogP) is 2.17. The number of primary amides is 1. The van der Waals surface area contributed by atoms with E-state index >= 15 is 0 Å². The van der Waals surface area contributed by atoms with E-state index in [-0.39, 0.29) is 5.91 Å². The van der Waals surface area contributed by atoms with E-state index in [1.807, 2.05) is 36.4 Å². The largest absolute Gasteiger partial charge is 0.370 e. The van der Waals surface area contributed by atoms with Crippen molar-refractivity contribution < 1.29 is 4.79 Å².